The molecule has 19 heavy (non-hydrogen) atoms. The lowest BCUT2D eigenvalue weighted by Gasteiger charge is -2.13. The molecule has 0 amide bonds. The van der Waals surface area contributed by atoms with Gasteiger partial charge in [0.05, 0.1) is 5.69 Å². The van der Waals surface area contributed by atoms with E-state index in [4.69, 9.17) is 5.11 Å². The third-order valence-corrected chi connectivity index (χ3v) is 2.91. The number of carboxylic acids is 1. The molecule has 1 atom stereocenters. The molecule has 2 aromatic rings. The van der Waals surface area contributed by atoms with Crippen LogP contribution in [0.15, 0.2) is 48.5 Å². The van der Waals surface area contributed by atoms with Gasteiger partial charge in [-0.05, 0) is 24.6 Å². The fourth-order valence-electron chi connectivity index (χ4n) is 1.81. The predicted molar refractivity (Wildman–Crippen MR) is 72.9 cm³/mol. The fourth-order valence-corrected chi connectivity index (χ4v) is 1.81. The first-order valence-electron chi connectivity index (χ1n) is 6.14. The molecule has 98 valence electrons. The topological polar surface area (TPSA) is 62.2 Å². The summed E-state index contributed by atoms with van der Waals surface area (Å²) >= 11 is 0. The van der Waals surface area contributed by atoms with Gasteiger partial charge in [-0.2, -0.15) is 0 Å². The van der Waals surface area contributed by atoms with E-state index < -0.39 is 5.97 Å². The van der Waals surface area contributed by atoms with E-state index in [2.05, 4.69) is 29.4 Å². The Morgan fingerprint density at radius 1 is 1.21 bits per heavy atom. The van der Waals surface area contributed by atoms with Crippen LogP contribution in [0.5, 0.6) is 0 Å². The van der Waals surface area contributed by atoms with Crippen LogP contribution in [0, 0.1) is 0 Å². The van der Waals surface area contributed by atoms with E-state index in [0.717, 1.165) is 5.69 Å². The average molecular weight is 256 g/mol. The van der Waals surface area contributed by atoms with Crippen molar-refractivity contribution in [3.05, 3.63) is 65.5 Å². The first-order valence-corrected chi connectivity index (χ1v) is 6.14. The van der Waals surface area contributed by atoms with E-state index in [0.29, 0.717) is 6.54 Å². The number of carbonyl (C=O) groups is 1. The molecule has 0 radical (unpaired) electrons. The zero-order valence-corrected chi connectivity index (χ0v) is 10.7. The number of nitrogens with one attached hydrogen (secondary N) is 1. The number of rotatable bonds is 5. The molecule has 4 nitrogen and oxygen atoms in total. The highest BCUT2D eigenvalue weighted by atomic mass is 16.4. The summed E-state index contributed by atoms with van der Waals surface area (Å²) in [4.78, 5) is 14.9. The number of aromatic nitrogens is 1. The summed E-state index contributed by atoms with van der Waals surface area (Å²) in [5.41, 5.74) is 1.99. The molecule has 0 bridgehead atoms. The monoisotopic (exact) mass is 256 g/mol. The van der Waals surface area contributed by atoms with Gasteiger partial charge < -0.3 is 10.4 Å². The number of hydrogen-bond acceptors (Lipinski definition) is 3. The Balaban J connectivity index is 1.99. The van der Waals surface area contributed by atoms with Crippen molar-refractivity contribution in [3.63, 3.8) is 0 Å². The van der Waals surface area contributed by atoms with Crippen molar-refractivity contribution >= 4 is 5.97 Å². The Bertz CT molecular complexity index is 555. The minimum absolute atomic E-state index is 0.0756. The zero-order chi connectivity index (χ0) is 13.7. The van der Waals surface area contributed by atoms with E-state index >= 15 is 0 Å². The fraction of sp³-hybridized carbons (Fsp3) is 0.200. The van der Waals surface area contributed by atoms with Crippen LogP contribution in [-0.4, -0.2) is 16.1 Å². The number of aromatic carboxylic acids is 1. The van der Waals surface area contributed by atoms with Crippen LogP contribution in [0.4, 0.5) is 0 Å². The second-order valence-corrected chi connectivity index (χ2v) is 4.33. The summed E-state index contributed by atoms with van der Waals surface area (Å²) in [6.07, 6.45) is 0. The van der Waals surface area contributed by atoms with E-state index in [1.807, 2.05) is 24.3 Å². The quantitative estimate of drug-likeness (QED) is 0.863. The van der Waals surface area contributed by atoms with Gasteiger partial charge in [-0.1, -0.05) is 36.4 Å². The van der Waals surface area contributed by atoms with Gasteiger partial charge in [0, 0.05) is 12.6 Å². The van der Waals surface area contributed by atoms with Crippen LogP contribution >= 0.6 is 0 Å². The summed E-state index contributed by atoms with van der Waals surface area (Å²) in [7, 11) is 0. The number of carboxylic acid groups (broad SMARTS) is 1. The first kappa shape index (κ1) is 13.2. The van der Waals surface area contributed by atoms with Crippen molar-refractivity contribution in [1.82, 2.24) is 10.3 Å². The molecule has 0 saturated carbocycles. The minimum Gasteiger partial charge on any atom is -0.477 e. The van der Waals surface area contributed by atoms with Gasteiger partial charge in [0.25, 0.3) is 0 Å². The molecule has 2 rings (SSSR count). The van der Waals surface area contributed by atoms with Gasteiger partial charge in [-0.3, -0.25) is 0 Å². The maximum absolute atomic E-state index is 10.8. The molecule has 4 heteroatoms. The molecule has 0 aliphatic carbocycles. The summed E-state index contributed by atoms with van der Waals surface area (Å²) < 4.78 is 0. The van der Waals surface area contributed by atoms with E-state index in [1.54, 1.807) is 6.07 Å². The summed E-state index contributed by atoms with van der Waals surface area (Å²) in [5, 5.41) is 12.2. The molecule has 0 aliphatic rings. The predicted octanol–water partition coefficient (Wildman–Crippen LogP) is 2.63. The lowest BCUT2D eigenvalue weighted by molar-refractivity contribution is 0.0690. The van der Waals surface area contributed by atoms with Crippen LogP contribution in [0.1, 0.15) is 34.7 Å². The smallest absolute Gasteiger partial charge is 0.354 e. The lowest BCUT2D eigenvalue weighted by Crippen LogP contribution is -2.19. The van der Waals surface area contributed by atoms with Gasteiger partial charge in [-0.25, -0.2) is 9.78 Å². The van der Waals surface area contributed by atoms with Crippen LogP contribution in [-0.2, 0) is 6.54 Å². The molecule has 1 heterocycles. The first-order chi connectivity index (χ1) is 9.16. The molecule has 1 unspecified atom stereocenters. The molecule has 0 saturated heterocycles. The van der Waals surface area contributed by atoms with Crippen LogP contribution in [0.2, 0.25) is 0 Å². The molecule has 0 aliphatic heterocycles. The highest BCUT2D eigenvalue weighted by Crippen LogP contribution is 2.11. The van der Waals surface area contributed by atoms with Gasteiger partial charge in [0.2, 0.25) is 0 Å². The number of nitrogens with zero attached hydrogens (tertiary/aromatic N) is 1. The second-order valence-electron chi connectivity index (χ2n) is 4.33. The zero-order valence-electron chi connectivity index (χ0n) is 10.7. The second kappa shape index (κ2) is 6.11. The number of benzene rings is 1. The molecule has 0 fully saturated rings. The van der Waals surface area contributed by atoms with Crippen LogP contribution in [0.25, 0.3) is 0 Å². The van der Waals surface area contributed by atoms with Crippen LogP contribution < -0.4 is 5.32 Å². The molecular formula is C15H16N2O2. The number of hydrogen-bond donors (Lipinski definition) is 2. The Labute approximate surface area is 112 Å². The van der Waals surface area contributed by atoms with E-state index in [1.165, 1.54) is 11.6 Å². The van der Waals surface area contributed by atoms with Crippen molar-refractivity contribution in [2.75, 3.05) is 0 Å². The summed E-state index contributed by atoms with van der Waals surface area (Å²) in [6.45, 7) is 2.60. The highest BCUT2D eigenvalue weighted by Gasteiger charge is 2.07. The van der Waals surface area contributed by atoms with E-state index in [9.17, 15) is 4.79 Å². The minimum atomic E-state index is -1.00. The van der Waals surface area contributed by atoms with E-state index in [-0.39, 0.29) is 11.7 Å². The molecule has 2 N–H and O–H groups in total. The Morgan fingerprint density at radius 2 is 1.95 bits per heavy atom. The molecular weight excluding hydrogens is 240 g/mol. The lowest BCUT2D eigenvalue weighted by atomic mass is 10.1. The molecule has 1 aromatic carbocycles. The maximum Gasteiger partial charge on any atom is 0.354 e. The molecule has 0 spiro atoms. The summed E-state index contributed by atoms with van der Waals surface area (Å²) in [5.74, 6) is -1.00. The van der Waals surface area contributed by atoms with Gasteiger partial charge in [0.1, 0.15) is 5.69 Å². The third kappa shape index (κ3) is 3.63. The maximum atomic E-state index is 10.8. The number of pyridine rings is 1. The Hall–Kier alpha value is -2.20. The third-order valence-electron chi connectivity index (χ3n) is 2.91. The van der Waals surface area contributed by atoms with Crippen molar-refractivity contribution in [1.29, 1.82) is 0 Å². The molecule has 1 aromatic heterocycles. The SMILES string of the molecule is CC(NCc1cccc(C(=O)O)n1)c1ccccc1. The van der Waals surface area contributed by atoms with Gasteiger partial charge >= 0.3 is 5.97 Å². The average Bonchev–Trinajstić information content (AvgIpc) is 2.46. The van der Waals surface area contributed by atoms with Crippen molar-refractivity contribution in [2.24, 2.45) is 0 Å². The van der Waals surface area contributed by atoms with Gasteiger partial charge in [0.15, 0.2) is 0 Å². The van der Waals surface area contributed by atoms with Crippen molar-refractivity contribution in [3.8, 4) is 0 Å². The Kier molecular flexibility index (Phi) is 4.26. The standard InChI is InChI=1S/C15H16N2O2/c1-11(12-6-3-2-4-7-12)16-10-13-8-5-9-14(17-13)15(18)19/h2-9,11,16H,10H2,1H3,(H,18,19). The highest BCUT2D eigenvalue weighted by molar-refractivity contribution is 5.85. The summed E-state index contributed by atoms with van der Waals surface area (Å²) in [6, 6.07) is 15.3. The van der Waals surface area contributed by atoms with Crippen LogP contribution in [0.3, 0.4) is 0 Å². The normalized spacial score (nSPS) is 12.1. The van der Waals surface area contributed by atoms with Crippen molar-refractivity contribution < 1.29 is 9.90 Å². The Morgan fingerprint density at radius 3 is 2.63 bits per heavy atom. The van der Waals surface area contributed by atoms with Crippen molar-refractivity contribution in [2.45, 2.75) is 19.5 Å². The van der Waals surface area contributed by atoms with Gasteiger partial charge in [-0.15, -0.1) is 0 Å². The largest absolute Gasteiger partial charge is 0.477 e.